The van der Waals surface area contributed by atoms with Gasteiger partial charge < -0.3 is 19.7 Å². The van der Waals surface area contributed by atoms with Gasteiger partial charge in [0.05, 0.1) is 25.9 Å². The zero-order valence-electron chi connectivity index (χ0n) is 14.4. The molecule has 132 valence electrons. The molecule has 0 bridgehead atoms. The monoisotopic (exact) mass is 333 g/mol. The smallest absolute Gasteiger partial charge is 0.317 e. The average molecular weight is 333 g/mol. The lowest BCUT2D eigenvalue weighted by atomic mass is 10.0. The Balaban J connectivity index is 1.53. The first-order valence-corrected chi connectivity index (χ1v) is 8.77. The van der Waals surface area contributed by atoms with Gasteiger partial charge in [-0.05, 0) is 18.9 Å². The molecule has 1 saturated heterocycles. The Morgan fingerprint density at radius 2 is 2.08 bits per heavy atom. The van der Waals surface area contributed by atoms with E-state index in [1.807, 2.05) is 31.3 Å². The predicted molar refractivity (Wildman–Crippen MR) is 92.3 cm³/mol. The lowest BCUT2D eigenvalue weighted by molar-refractivity contribution is 0.0356. The van der Waals surface area contributed by atoms with Gasteiger partial charge in [0.25, 0.3) is 0 Å². The van der Waals surface area contributed by atoms with Crippen molar-refractivity contribution in [2.45, 2.75) is 18.9 Å². The third-order valence-corrected chi connectivity index (χ3v) is 4.69. The SMILES string of the molecule is CN(CCN1CCOCC1)C(=O)NC1CCCOc2ccccc21. The van der Waals surface area contributed by atoms with Crippen molar-refractivity contribution in [3.05, 3.63) is 29.8 Å². The lowest BCUT2D eigenvalue weighted by Crippen LogP contribution is -2.45. The van der Waals surface area contributed by atoms with E-state index in [0.29, 0.717) is 6.61 Å². The molecule has 1 N–H and O–H groups in total. The summed E-state index contributed by atoms with van der Waals surface area (Å²) in [5.41, 5.74) is 1.07. The van der Waals surface area contributed by atoms with Gasteiger partial charge in [-0.3, -0.25) is 4.90 Å². The summed E-state index contributed by atoms with van der Waals surface area (Å²) in [6.45, 7) is 5.78. The average Bonchev–Trinajstić information content (AvgIpc) is 2.83. The molecule has 6 nitrogen and oxygen atoms in total. The van der Waals surface area contributed by atoms with Crippen LogP contribution in [-0.4, -0.2) is 68.9 Å². The van der Waals surface area contributed by atoms with Crippen molar-refractivity contribution in [3.63, 3.8) is 0 Å². The summed E-state index contributed by atoms with van der Waals surface area (Å²) in [5.74, 6) is 0.885. The van der Waals surface area contributed by atoms with Gasteiger partial charge in [-0.15, -0.1) is 0 Å². The molecule has 1 fully saturated rings. The van der Waals surface area contributed by atoms with E-state index < -0.39 is 0 Å². The van der Waals surface area contributed by atoms with E-state index in [0.717, 1.165) is 63.5 Å². The van der Waals surface area contributed by atoms with Crippen molar-refractivity contribution in [1.29, 1.82) is 0 Å². The molecule has 2 aliphatic rings. The molecule has 6 heteroatoms. The van der Waals surface area contributed by atoms with E-state index in [-0.39, 0.29) is 12.1 Å². The van der Waals surface area contributed by atoms with Crippen LogP contribution in [0.1, 0.15) is 24.4 Å². The Morgan fingerprint density at radius 3 is 2.92 bits per heavy atom. The molecule has 2 amide bonds. The molecule has 2 aliphatic heterocycles. The highest BCUT2D eigenvalue weighted by Gasteiger charge is 2.22. The molecule has 0 aliphatic carbocycles. The van der Waals surface area contributed by atoms with Crippen LogP contribution in [0.4, 0.5) is 4.79 Å². The fourth-order valence-corrected chi connectivity index (χ4v) is 3.15. The number of likely N-dealkylation sites (N-methyl/N-ethyl adjacent to an activating group) is 1. The number of fused-ring (bicyclic) bond motifs is 1. The standard InChI is InChI=1S/C18H27N3O3/c1-20(8-9-21-10-13-23-14-11-21)18(22)19-16-6-4-12-24-17-7-3-2-5-15(16)17/h2-3,5,7,16H,4,6,8-14H2,1H3,(H,19,22). The van der Waals surface area contributed by atoms with Crippen LogP contribution in [0, 0.1) is 0 Å². The summed E-state index contributed by atoms with van der Waals surface area (Å²) in [7, 11) is 1.86. The van der Waals surface area contributed by atoms with Crippen LogP contribution in [0.2, 0.25) is 0 Å². The first-order valence-electron chi connectivity index (χ1n) is 8.77. The molecular formula is C18H27N3O3. The number of nitrogens with one attached hydrogen (secondary N) is 1. The predicted octanol–water partition coefficient (Wildman–Crippen LogP) is 1.87. The van der Waals surface area contributed by atoms with Crippen molar-refractivity contribution < 1.29 is 14.3 Å². The van der Waals surface area contributed by atoms with Gasteiger partial charge in [-0.2, -0.15) is 0 Å². The molecule has 1 atom stereocenters. The third-order valence-electron chi connectivity index (χ3n) is 4.69. The second-order valence-corrected chi connectivity index (χ2v) is 6.41. The number of benzene rings is 1. The van der Waals surface area contributed by atoms with E-state index in [2.05, 4.69) is 10.2 Å². The molecule has 0 spiro atoms. The number of nitrogens with zero attached hydrogens (tertiary/aromatic N) is 2. The van der Waals surface area contributed by atoms with Gasteiger partial charge in [0.1, 0.15) is 5.75 Å². The van der Waals surface area contributed by atoms with E-state index >= 15 is 0 Å². The highest BCUT2D eigenvalue weighted by atomic mass is 16.5. The van der Waals surface area contributed by atoms with Crippen LogP contribution >= 0.6 is 0 Å². The van der Waals surface area contributed by atoms with Gasteiger partial charge in [0.2, 0.25) is 0 Å². The molecular weight excluding hydrogens is 306 g/mol. The number of amides is 2. The summed E-state index contributed by atoms with van der Waals surface area (Å²) in [6, 6.07) is 7.97. The van der Waals surface area contributed by atoms with Crippen molar-refractivity contribution in [2.24, 2.45) is 0 Å². The van der Waals surface area contributed by atoms with E-state index in [4.69, 9.17) is 9.47 Å². The lowest BCUT2D eigenvalue weighted by Gasteiger charge is -2.29. The maximum absolute atomic E-state index is 12.5. The highest BCUT2D eigenvalue weighted by Crippen LogP contribution is 2.31. The second kappa shape index (κ2) is 8.35. The maximum Gasteiger partial charge on any atom is 0.317 e. The molecule has 0 saturated carbocycles. The second-order valence-electron chi connectivity index (χ2n) is 6.41. The number of hydrogen-bond acceptors (Lipinski definition) is 4. The number of ether oxygens (including phenoxy) is 2. The molecule has 3 rings (SSSR count). The minimum absolute atomic E-state index is 0.0158. The molecule has 0 aromatic heterocycles. The van der Waals surface area contributed by atoms with Crippen LogP contribution in [-0.2, 0) is 4.74 Å². The van der Waals surface area contributed by atoms with Gasteiger partial charge in [-0.1, -0.05) is 18.2 Å². The molecule has 24 heavy (non-hydrogen) atoms. The summed E-state index contributed by atoms with van der Waals surface area (Å²) in [5, 5.41) is 3.17. The van der Waals surface area contributed by atoms with Crippen LogP contribution in [0.5, 0.6) is 5.75 Å². The zero-order valence-corrected chi connectivity index (χ0v) is 14.4. The summed E-state index contributed by atoms with van der Waals surface area (Å²) in [6.07, 6.45) is 1.84. The van der Waals surface area contributed by atoms with Crippen molar-refractivity contribution in [1.82, 2.24) is 15.1 Å². The molecule has 1 aromatic rings. The Labute approximate surface area is 143 Å². The topological polar surface area (TPSA) is 54.0 Å². The Morgan fingerprint density at radius 1 is 1.29 bits per heavy atom. The van der Waals surface area contributed by atoms with E-state index in [1.165, 1.54) is 0 Å². The molecule has 1 unspecified atom stereocenters. The maximum atomic E-state index is 12.5. The molecule has 0 radical (unpaired) electrons. The van der Waals surface area contributed by atoms with Crippen LogP contribution in [0.25, 0.3) is 0 Å². The number of carbonyl (C=O) groups excluding carboxylic acids is 1. The van der Waals surface area contributed by atoms with Crippen molar-refractivity contribution >= 4 is 6.03 Å². The van der Waals surface area contributed by atoms with Gasteiger partial charge in [-0.25, -0.2) is 4.79 Å². The quantitative estimate of drug-likeness (QED) is 0.914. The fraction of sp³-hybridized carbons (Fsp3) is 0.611. The zero-order chi connectivity index (χ0) is 16.8. The fourth-order valence-electron chi connectivity index (χ4n) is 3.15. The van der Waals surface area contributed by atoms with Crippen molar-refractivity contribution in [3.8, 4) is 5.75 Å². The van der Waals surface area contributed by atoms with Crippen LogP contribution < -0.4 is 10.1 Å². The minimum Gasteiger partial charge on any atom is -0.493 e. The summed E-state index contributed by atoms with van der Waals surface area (Å²) >= 11 is 0. The first kappa shape index (κ1) is 17.0. The normalized spacial score (nSPS) is 21.3. The Hall–Kier alpha value is -1.79. The van der Waals surface area contributed by atoms with Crippen molar-refractivity contribution in [2.75, 3.05) is 53.0 Å². The van der Waals surface area contributed by atoms with Crippen LogP contribution in [0.15, 0.2) is 24.3 Å². The largest absolute Gasteiger partial charge is 0.493 e. The van der Waals surface area contributed by atoms with E-state index in [9.17, 15) is 4.79 Å². The Kier molecular flexibility index (Phi) is 5.93. The number of hydrogen-bond donors (Lipinski definition) is 1. The highest BCUT2D eigenvalue weighted by molar-refractivity contribution is 5.74. The molecule has 2 heterocycles. The van der Waals surface area contributed by atoms with Gasteiger partial charge in [0, 0.05) is 38.8 Å². The van der Waals surface area contributed by atoms with Gasteiger partial charge >= 0.3 is 6.03 Å². The number of rotatable bonds is 4. The number of carbonyl (C=O) groups is 1. The van der Waals surface area contributed by atoms with E-state index in [1.54, 1.807) is 4.90 Å². The molecule has 1 aromatic carbocycles. The summed E-state index contributed by atoms with van der Waals surface area (Å²) < 4.78 is 11.1. The number of urea groups is 1. The third kappa shape index (κ3) is 4.39. The van der Waals surface area contributed by atoms with Crippen LogP contribution in [0.3, 0.4) is 0 Å². The minimum atomic E-state index is -0.0232. The Bertz CT molecular complexity index is 546. The summed E-state index contributed by atoms with van der Waals surface area (Å²) in [4.78, 5) is 16.6. The number of para-hydroxylation sites is 1. The first-order chi connectivity index (χ1) is 11.7. The van der Waals surface area contributed by atoms with Gasteiger partial charge in [0.15, 0.2) is 0 Å². The number of morpholine rings is 1.